The molecule has 0 saturated carbocycles. The lowest BCUT2D eigenvalue weighted by Crippen LogP contribution is -2.29. The predicted octanol–water partition coefficient (Wildman–Crippen LogP) is 4.23. The van der Waals surface area contributed by atoms with Crippen LogP contribution in [0.4, 0.5) is 0 Å². The van der Waals surface area contributed by atoms with Crippen molar-refractivity contribution in [3.63, 3.8) is 0 Å². The van der Waals surface area contributed by atoms with E-state index >= 15 is 0 Å². The van der Waals surface area contributed by atoms with Crippen molar-refractivity contribution in [1.82, 2.24) is 20.1 Å². The number of aromatic hydroxyl groups is 1. The molecule has 1 aliphatic heterocycles. The summed E-state index contributed by atoms with van der Waals surface area (Å²) in [6.07, 6.45) is 3.49. The highest BCUT2D eigenvalue weighted by atomic mass is 16.3. The summed E-state index contributed by atoms with van der Waals surface area (Å²) in [7, 11) is 0. The minimum absolute atomic E-state index is 0.0993. The molecule has 2 aromatic carbocycles. The van der Waals surface area contributed by atoms with Gasteiger partial charge in [-0.25, -0.2) is 0 Å². The van der Waals surface area contributed by atoms with Crippen LogP contribution in [0.5, 0.6) is 5.75 Å². The first-order valence-electron chi connectivity index (χ1n) is 9.76. The van der Waals surface area contributed by atoms with Gasteiger partial charge in [0.2, 0.25) is 0 Å². The van der Waals surface area contributed by atoms with E-state index in [-0.39, 0.29) is 17.7 Å². The molecule has 6 nitrogen and oxygen atoms in total. The molecular formula is C24H20N4O2. The van der Waals surface area contributed by atoms with E-state index in [1.165, 1.54) is 0 Å². The lowest BCUT2D eigenvalue weighted by Gasteiger charge is -2.26. The smallest absolute Gasteiger partial charge is 0.273 e. The second-order valence-electron chi connectivity index (χ2n) is 7.52. The molecule has 0 fully saturated rings. The van der Waals surface area contributed by atoms with Gasteiger partial charge in [0, 0.05) is 30.1 Å². The molecule has 1 unspecified atom stereocenters. The molecule has 3 heterocycles. The number of aromatic amines is 1. The quantitative estimate of drug-likeness (QED) is 0.541. The number of pyridine rings is 1. The Bertz CT molecular complexity index is 1200. The molecule has 6 heteroatoms. The van der Waals surface area contributed by atoms with Crippen molar-refractivity contribution in [2.45, 2.75) is 19.5 Å². The zero-order valence-electron chi connectivity index (χ0n) is 16.4. The van der Waals surface area contributed by atoms with Crippen LogP contribution in [0.15, 0.2) is 73.1 Å². The van der Waals surface area contributed by atoms with E-state index in [0.29, 0.717) is 12.2 Å². The minimum Gasteiger partial charge on any atom is -0.508 e. The third-order valence-electron chi connectivity index (χ3n) is 5.47. The van der Waals surface area contributed by atoms with Crippen molar-refractivity contribution in [3.8, 4) is 17.0 Å². The maximum absolute atomic E-state index is 13.3. The van der Waals surface area contributed by atoms with Crippen LogP contribution in [-0.2, 0) is 6.54 Å². The fourth-order valence-electron chi connectivity index (χ4n) is 3.98. The van der Waals surface area contributed by atoms with Crippen molar-refractivity contribution in [1.29, 1.82) is 0 Å². The third-order valence-corrected chi connectivity index (χ3v) is 5.47. The first-order chi connectivity index (χ1) is 14.6. The molecule has 2 aromatic heterocycles. The molecule has 148 valence electrons. The van der Waals surface area contributed by atoms with E-state index in [0.717, 1.165) is 33.5 Å². The summed E-state index contributed by atoms with van der Waals surface area (Å²) in [5.74, 6) is 0.0887. The minimum atomic E-state index is -0.316. The number of H-pyrrole nitrogens is 1. The lowest BCUT2D eigenvalue weighted by atomic mass is 9.95. The Morgan fingerprint density at radius 2 is 1.83 bits per heavy atom. The number of phenolic OH excluding ortho intramolecular Hbond substituents is 1. The predicted molar refractivity (Wildman–Crippen MR) is 113 cm³/mol. The van der Waals surface area contributed by atoms with E-state index < -0.39 is 0 Å². The van der Waals surface area contributed by atoms with Gasteiger partial charge >= 0.3 is 0 Å². The molecule has 1 aliphatic rings. The average Bonchev–Trinajstić information content (AvgIpc) is 3.30. The number of carbonyl (C=O) groups excluding carboxylic acids is 1. The number of hydrogen-bond acceptors (Lipinski definition) is 4. The van der Waals surface area contributed by atoms with Crippen LogP contribution in [-0.4, -0.2) is 31.1 Å². The third kappa shape index (κ3) is 3.03. The summed E-state index contributed by atoms with van der Waals surface area (Å²) in [5, 5.41) is 17.2. The summed E-state index contributed by atoms with van der Waals surface area (Å²) in [6, 6.07) is 18.6. The largest absolute Gasteiger partial charge is 0.508 e. The van der Waals surface area contributed by atoms with Gasteiger partial charge in [-0.05, 0) is 36.2 Å². The van der Waals surface area contributed by atoms with Gasteiger partial charge in [0.05, 0.1) is 11.7 Å². The second kappa shape index (κ2) is 7.15. The summed E-state index contributed by atoms with van der Waals surface area (Å²) in [4.78, 5) is 19.3. The van der Waals surface area contributed by atoms with E-state index in [1.807, 2.05) is 60.4 Å². The standard InChI is InChI=1S/C24H20N4O2/c1-15-4-6-17(7-5-15)21-20-22(27-26-21)24(30)28(14-16-3-2-12-25-13-16)23(20)18-8-10-19(29)11-9-18/h2-13,23,29H,14H2,1H3,(H,26,27). The van der Waals surface area contributed by atoms with E-state index in [4.69, 9.17) is 0 Å². The fourth-order valence-corrected chi connectivity index (χ4v) is 3.98. The number of nitrogens with one attached hydrogen (secondary N) is 1. The Kier molecular flexibility index (Phi) is 4.32. The number of aromatic nitrogens is 3. The maximum Gasteiger partial charge on any atom is 0.273 e. The molecule has 0 aliphatic carbocycles. The number of benzene rings is 2. The van der Waals surface area contributed by atoms with Crippen LogP contribution in [0.25, 0.3) is 11.3 Å². The molecule has 1 amide bonds. The Morgan fingerprint density at radius 3 is 2.53 bits per heavy atom. The summed E-state index contributed by atoms with van der Waals surface area (Å²) in [6.45, 7) is 2.46. The molecule has 2 N–H and O–H groups in total. The van der Waals surface area contributed by atoms with Gasteiger partial charge in [0.25, 0.3) is 5.91 Å². The zero-order chi connectivity index (χ0) is 20.7. The molecule has 0 saturated heterocycles. The summed E-state index contributed by atoms with van der Waals surface area (Å²) >= 11 is 0. The first-order valence-corrected chi connectivity index (χ1v) is 9.76. The molecule has 1 atom stereocenters. The molecule has 5 rings (SSSR count). The lowest BCUT2D eigenvalue weighted by molar-refractivity contribution is 0.0730. The number of hydrogen-bond donors (Lipinski definition) is 2. The van der Waals surface area contributed by atoms with Crippen molar-refractivity contribution in [2.75, 3.05) is 0 Å². The highest BCUT2D eigenvalue weighted by molar-refractivity contribution is 6.00. The second-order valence-corrected chi connectivity index (χ2v) is 7.52. The molecular weight excluding hydrogens is 376 g/mol. The van der Waals surface area contributed by atoms with Crippen molar-refractivity contribution < 1.29 is 9.90 Å². The number of phenols is 1. The highest BCUT2D eigenvalue weighted by Gasteiger charge is 2.42. The van der Waals surface area contributed by atoms with Crippen LogP contribution >= 0.6 is 0 Å². The summed E-state index contributed by atoms with van der Waals surface area (Å²) < 4.78 is 0. The maximum atomic E-state index is 13.3. The van der Waals surface area contributed by atoms with Crippen molar-refractivity contribution in [2.24, 2.45) is 0 Å². The van der Waals surface area contributed by atoms with E-state index in [2.05, 4.69) is 15.2 Å². The van der Waals surface area contributed by atoms with Crippen LogP contribution in [0, 0.1) is 6.92 Å². The highest BCUT2D eigenvalue weighted by Crippen LogP contribution is 2.43. The fraction of sp³-hybridized carbons (Fsp3) is 0.125. The van der Waals surface area contributed by atoms with Crippen LogP contribution in [0.3, 0.4) is 0 Å². The number of rotatable bonds is 4. The van der Waals surface area contributed by atoms with Gasteiger partial charge in [-0.3, -0.25) is 14.9 Å². The Balaban J connectivity index is 1.64. The number of nitrogens with zero attached hydrogens (tertiary/aromatic N) is 3. The molecule has 30 heavy (non-hydrogen) atoms. The van der Waals surface area contributed by atoms with Gasteiger partial charge in [0.15, 0.2) is 0 Å². The Hall–Kier alpha value is -3.93. The van der Waals surface area contributed by atoms with Gasteiger partial charge < -0.3 is 10.0 Å². The van der Waals surface area contributed by atoms with Gasteiger partial charge in [-0.2, -0.15) is 5.10 Å². The number of fused-ring (bicyclic) bond motifs is 1. The number of amides is 1. The molecule has 4 aromatic rings. The summed E-state index contributed by atoms with van der Waals surface area (Å²) in [5.41, 5.74) is 6.12. The monoisotopic (exact) mass is 396 g/mol. The molecule has 0 spiro atoms. The van der Waals surface area contributed by atoms with Crippen LogP contribution < -0.4 is 0 Å². The SMILES string of the molecule is Cc1ccc(-c2n[nH]c3c2C(c2ccc(O)cc2)N(Cc2cccnc2)C3=O)cc1. The van der Waals surface area contributed by atoms with E-state index in [9.17, 15) is 9.90 Å². The average molecular weight is 396 g/mol. The van der Waals surface area contributed by atoms with Crippen molar-refractivity contribution in [3.05, 3.63) is 101 Å². The number of aryl methyl sites for hydroxylation is 1. The Morgan fingerprint density at radius 1 is 1.07 bits per heavy atom. The van der Waals surface area contributed by atoms with Crippen molar-refractivity contribution >= 4 is 5.91 Å². The first kappa shape index (κ1) is 18.1. The zero-order valence-corrected chi connectivity index (χ0v) is 16.4. The van der Waals surface area contributed by atoms with Gasteiger partial charge in [0.1, 0.15) is 11.4 Å². The normalized spacial score (nSPS) is 15.4. The topological polar surface area (TPSA) is 82.1 Å². The Labute approximate surface area is 173 Å². The number of carbonyl (C=O) groups is 1. The molecule has 0 bridgehead atoms. The van der Waals surface area contributed by atoms with Crippen LogP contribution in [0.2, 0.25) is 0 Å². The molecule has 0 radical (unpaired) electrons. The van der Waals surface area contributed by atoms with E-state index in [1.54, 1.807) is 24.5 Å². The van der Waals surface area contributed by atoms with Crippen LogP contribution in [0.1, 0.15) is 38.8 Å². The van der Waals surface area contributed by atoms with Gasteiger partial charge in [-0.1, -0.05) is 48.0 Å². The van der Waals surface area contributed by atoms with Gasteiger partial charge in [-0.15, -0.1) is 0 Å².